The zero-order valence-corrected chi connectivity index (χ0v) is 47.2. The zero-order valence-electron chi connectivity index (χ0n) is 47.2. The first-order chi connectivity index (χ1) is 35.8. The van der Waals surface area contributed by atoms with Gasteiger partial charge in [0, 0.05) is 34.0 Å². The molecule has 0 radical (unpaired) electrons. The van der Waals surface area contributed by atoms with Gasteiger partial charge in [0.05, 0.1) is 0 Å². The summed E-state index contributed by atoms with van der Waals surface area (Å²) in [5.41, 5.74) is 2.12. The van der Waals surface area contributed by atoms with Crippen molar-refractivity contribution in [3.8, 4) is 0 Å². The third kappa shape index (κ3) is 20.5. The van der Waals surface area contributed by atoms with Crippen molar-refractivity contribution in [2.24, 2.45) is 23.7 Å². The summed E-state index contributed by atoms with van der Waals surface area (Å²) in [4.78, 5) is 116. The molecule has 418 valence electrons. The molecule has 0 saturated heterocycles. The maximum absolute atomic E-state index is 14.6. The Kier molecular flexibility index (Phi) is 26.3. The van der Waals surface area contributed by atoms with Crippen molar-refractivity contribution in [1.29, 1.82) is 0 Å². The second-order valence-electron chi connectivity index (χ2n) is 21.2. The topological polar surface area (TPSA) is 204 Å². The van der Waals surface area contributed by atoms with E-state index in [2.05, 4.69) is 5.32 Å². The lowest BCUT2D eigenvalue weighted by molar-refractivity contribution is -0.175. The molecule has 0 bridgehead atoms. The molecule has 0 fully saturated rings. The van der Waals surface area contributed by atoms with Crippen LogP contribution in [-0.4, -0.2) is 139 Å². The third-order valence-electron chi connectivity index (χ3n) is 12.8. The molecule has 0 aromatic heterocycles. The summed E-state index contributed by atoms with van der Waals surface area (Å²) in [5, 5.41) is 2.98. The van der Waals surface area contributed by atoms with Crippen LogP contribution in [0.3, 0.4) is 0 Å². The van der Waals surface area contributed by atoms with Gasteiger partial charge in [-0.15, -0.1) is 0 Å². The van der Waals surface area contributed by atoms with Gasteiger partial charge in [-0.3, -0.25) is 19.2 Å². The molecule has 1 N–H and O–H groups in total. The molecular weight excluding hydrogens is 973 g/mol. The maximum atomic E-state index is 14.6. The average molecular weight is 1060 g/mol. The van der Waals surface area contributed by atoms with E-state index in [1.807, 2.05) is 91.8 Å². The van der Waals surface area contributed by atoms with E-state index >= 15 is 0 Å². The summed E-state index contributed by atoms with van der Waals surface area (Å²) in [6.45, 7) is 17.8. The van der Waals surface area contributed by atoms with E-state index < -0.39 is 96.2 Å². The fourth-order valence-electron chi connectivity index (χ4n) is 8.49. The van der Waals surface area contributed by atoms with Crippen LogP contribution in [-0.2, 0) is 81.5 Å². The molecule has 17 heteroatoms. The molecule has 8 atom stereocenters. The number of esters is 5. The monoisotopic (exact) mass is 1060 g/mol. The van der Waals surface area contributed by atoms with Crippen LogP contribution >= 0.6 is 0 Å². The number of hydrogen-bond acceptors (Lipinski definition) is 14. The lowest BCUT2D eigenvalue weighted by Gasteiger charge is -2.34. The maximum Gasteiger partial charge on any atom is 0.347 e. The minimum atomic E-state index is -1.49. The molecule has 0 heterocycles. The molecule has 0 aliphatic carbocycles. The van der Waals surface area contributed by atoms with E-state index in [1.54, 1.807) is 61.6 Å². The van der Waals surface area contributed by atoms with Crippen molar-refractivity contribution in [2.45, 2.75) is 163 Å². The Morgan fingerprint density at radius 2 is 0.737 bits per heavy atom. The van der Waals surface area contributed by atoms with Gasteiger partial charge in [0.2, 0.25) is 0 Å². The van der Waals surface area contributed by atoms with Gasteiger partial charge < -0.3 is 43.7 Å². The van der Waals surface area contributed by atoms with Crippen LogP contribution in [0.1, 0.15) is 112 Å². The predicted molar refractivity (Wildman–Crippen MR) is 288 cm³/mol. The molecule has 0 aliphatic heterocycles. The van der Waals surface area contributed by atoms with Gasteiger partial charge in [-0.05, 0) is 86.9 Å². The van der Waals surface area contributed by atoms with Gasteiger partial charge in [0.15, 0.2) is 24.4 Å². The standard InChI is InChI=1S/C59H84N4O13/c1-37(2)30-46(60-11)56(68)75-50(34-43-24-18-15-19-25-43)53(65)62(13)47(31-38(3)4)57(69)73-41(9)52(64)61(12)49(33-40(7)8)59(71)76-51(35-44-26-20-16-21-27-44)54(66)63(14)48(32-39(5)6)58(70)74-42(10)55(67)72-36-45-28-22-17-23-29-45/h15-29,37-42,46-51,60H,30-36H2,1-14H3/t41-,42-,46+,47+,48+,49+,50-,51-/m1/s1. The van der Waals surface area contributed by atoms with Crippen LogP contribution in [0, 0.1) is 23.7 Å². The fourth-order valence-corrected chi connectivity index (χ4v) is 8.49. The number of carbonyl (C=O) groups is 8. The van der Waals surface area contributed by atoms with E-state index in [4.69, 9.17) is 23.7 Å². The van der Waals surface area contributed by atoms with Crippen LogP contribution in [0.4, 0.5) is 0 Å². The summed E-state index contributed by atoms with van der Waals surface area (Å²) in [6.07, 6.45) is -4.77. The third-order valence-corrected chi connectivity index (χ3v) is 12.8. The molecule has 0 aliphatic rings. The number of rotatable bonds is 30. The van der Waals surface area contributed by atoms with Crippen molar-refractivity contribution in [2.75, 3.05) is 28.2 Å². The first-order valence-electron chi connectivity index (χ1n) is 26.4. The van der Waals surface area contributed by atoms with Gasteiger partial charge in [0.25, 0.3) is 17.7 Å². The molecule has 3 aromatic rings. The van der Waals surface area contributed by atoms with Crippen LogP contribution < -0.4 is 5.32 Å². The zero-order chi connectivity index (χ0) is 56.8. The second kappa shape index (κ2) is 31.4. The second-order valence-corrected chi connectivity index (χ2v) is 21.2. The van der Waals surface area contributed by atoms with Crippen molar-refractivity contribution < 1.29 is 62.0 Å². The first-order valence-corrected chi connectivity index (χ1v) is 26.4. The Hall–Kier alpha value is -6.62. The number of carbonyl (C=O) groups excluding carboxylic acids is 8. The highest BCUT2D eigenvalue weighted by molar-refractivity contribution is 5.93. The Bertz CT molecular complexity index is 2330. The molecule has 0 saturated carbocycles. The SMILES string of the molecule is CN[C@@H](CC(C)C)C(=O)O[C@H](Cc1ccccc1)C(=O)N(C)[C@@H](CC(C)C)C(=O)O[C@H](C)C(=O)N(C)[C@@H](CC(C)C)C(=O)O[C@H](Cc1ccccc1)C(=O)N(C)[C@@H](CC(C)C)C(=O)O[C@H](C)C(=O)OCc1ccccc1. The van der Waals surface area contributed by atoms with E-state index in [9.17, 15) is 38.4 Å². The van der Waals surface area contributed by atoms with E-state index in [1.165, 1.54) is 39.9 Å². The molecule has 0 spiro atoms. The van der Waals surface area contributed by atoms with Crippen molar-refractivity contribution in [1.82, 2.24) is 20.0 Å². The van der Waals surface area contributed by atoms with E-state index in [0.717, 1.165) is 20.9 Å². The number of ether oxygens (including phenoxy) is 5. The summed E-state index contributed by atoms with van der Waals surface area (Å²) in [6, 6.07) is 22.6. The fraction of sp³-hybridized carbons (Fsp3) is 0.559. The van der Waals surface area contributed by atoms with Crippen LogP contribution in [0.5, 0.6) is 0 Å². The van der Waals surface area contributed by atoms with Crippen LogP contribution in [0.15, 0.2) is 91.0 Å². The molecule has 76 heavy (non-hydrogen) atoms. The summed E-state index contributed by atoms with van der Waals surface area (Å²) < 4.78 is 28.8. The molecule has 0 unspecified atom stereocenters. The van der Waals surface area contributed by atoms with Crippen molar-refractivity contribution in [3.05, 3.63) is 108 Å². The number of hydrogen-bond donors (Lipinski definition) is 1. The predicted octanol–water partition coefficient (Wildman–Crippen LogP) is 7.16. The number of benzene rings is 3. The molecule has 3 amide bonds. The van der Waals surface area contributed by atoms with Crippen molar-refractivity contribution in [3.63, 3.8) is 0 Å². The van der Waals surface area contributed by atoms with Crippen LogP contribution in [0.25, 0.3) is 0 Å². The van der Waals surface area contributed by atoms with Gasteiger partial charge >= 0.3 is 29.8 Å². The molecular formula is C59H84N4O13. The Balaban J connectivity index is 1.88. The smallest absolute Gasteiger partial charge is 0.347 e. The molecule has 3 aromatic carbocycles. The van der Waals surface area contributed by atoms with E-state index in [-0.39, 0.29) is 62.4 Å². The van der Waals surface area contributed by atoms with Gasteiger partial charge in [-0.1, -0.05) is 146 Å². The summed E-state index contributed by atoms with van der Waals surface area (Å²) in [5.74, 6) is -6.44. The van der Waals surface area contributed by atoms with Gasteiger partial charge in [-0.25, -0.2) is 19.2 Å². The van der Waals surface area contributed by atoms with Gasteiger partial charge in [-0.2, -0.15) is 0 Å². The largest absolute Gasteiger partial charge is 0.458 e. The Morgan fingerprint density at radius 1 is 0.408 bits per heavy atom. The quantitative estimate of drug-likeness (QED) is 0.0520. The average Bonchev–Trinajstić information content (AvgIpc) is 3.38. The lowest BCUT2D eigenvalue weighted by atomic mass is 10.00. The number of nitrogens with one attached hydrogen (secondary N) is 1. The minimum Gasteiger partial charge on any atom is -0.458 e. The Labute approximate surface area is 450 Å². The lowest BCUT2D eigenvalue weighted by Crippen LogP contribution is -2.53. The van der Waals surface area contributed by atoms with E-state index in [0.29, 0.717) is 12.0 Å². The molecule has 17 nitrogen and oxygen atoms in total. The number of amides is 3. The summed E-state index contributed by atoms with van der Waals surface area (Å²) in [7, 11) is 5.86. The highest BCUT2D eigenvalue weighted by Crippen LogP contribution is 2.23. The van der Waals surface area contributed by atoms with Crippen molar-refractivity contribution >= 4 is 47.6 Å². The van der Waals surface area contributed by atoms with Gasteiger partial charge in [0.1, 0.15) is 30.8 Å². The Morgan fingerprint density at radius 3 is 1.11 bits per heavy atom. The highest BCUT2D eigenvalue weighted by Gasteiger charge is 2.41. The van der Waals surface area contributed by atoms with Crippen LogP contribution in [0.2, 0.25) is 0 Å². The summed E-state index contributed by atoms with van der Waals surface area (Å²) >= 11 is 0. The molecule has 3 rings (SSSR count). The number of nitrogens with zero attached hydrogens (tertiary/aromatic N) is 3. The first kappa shape index (κ1) is 63.7. The number of likely N-dealkylation sites (N-methyl/N-ethyl adjacent to an activating group) is 4. The highest BCUT2D eigenvalue weighted by atomic mass is 16.6. The minimum absolute atomic E-state index is 0.0304. The normalized spacial score (nSPS) is 14.6.